The summed E-state index contributed by atoms with van der Waals surface area (Å²) in [7, 11) is 0. The minimum atomic E-state index is -5.08. The fraction of sp³-hybridized carbons (Fsp3) is 0.600. The minimum Gasteiger partial charge on any atom is -0.478 e. The van der Waals surface area contributed by atoms with Crippen molar-refractivity contribution in [2.75, 3.05) is 44.3 Å². The highest BCUT2D eigenvalue weighted by molar-refractivity contribution is 5.95. The first-order chi connectivity index (χ1) is 16.6. The van der Waals surface area contributed by atoms with Crippen LogP contribution in [0.25, 0.3) is 0 Å². The van der Waals surface area contributed by atoms with Crippen molar-refractivity contribution in [1.29, 1.82) is 0 Å². The average Bonchev–Trinajstić information content (AvgIpc) is 2.78. The normalized spacial score (nSPS) is 16.0. The molecule has 3 heterocycles. The van der Waals surface area contributed by atoms with Crippen molar-refractivity contribution < 1.29 is 60.8 Å². The fourth-order valence-electron chi connectivity index (χ4n) is 3.34. The summed E-state index contributed by atoms with van der Waals surface area (Å²) >= 11 is 0. The van der Waals surface area contributed by atoms with Gasteiger partial charge >= 0.3 is 30.3 Å². The number of hydrogen-bond donors (Lipinski definition) is 3. The molecule has 10 nitrogen and oxygen atoms in total. The predicted octanol–water partition coefficient (Wildman–Crippen LogP) is 2.65. The second-order valence-corrected chi connectivity index (χ2v) is 7.50. The number of halogens is 6. The number of rotatable bonds is 4. The molecule has 0 aromatic carbocycles. The van der Waals surface area contributed by atoms with Crippen LogP contribution in [0.3, 0.4) is 0 Å². The standard InChI is InChI=1S/C16H23N3O3.2C2HF3O2/c1-2-4-18-5-3-13-12(11-18)10-17-15(14(13)16(20)21)19-6-8-22-9-7-19;2*3-2(4,5)1(6)7/h10H,2-9,11H2,1H3,(H,20,21);2*(H,6,7). The summed E-state index contributed by atoms with van der Waals surface area (Å²) in [5.74, 6) is -5.77. The molecular weight excluding hydrogens is 508 g/mol. The third kappa shape index (κ3) is 9.49. The van der Waals surface area contributed by atoms with Gasteiger partial charge in [-0.3, -0.25) is 4.90 Å². The van der Waals surface area contributed by atoms with Crippen molar-refractivity contribution >= 4 is 23.7 Å². The lowest BCUT2D eigenvalue weighted by Crippen LogP contribution is -2.39. The van der Waals surface area contributed by atoms with E-state index in [4.69, 9.17) is 24.5 Å². The topological polar surface area (TPSA) is 140 Å². The van der Waals surface area contributed by atoms with Crippen LogP contribution in [-0.2, 0) is 27.3 Å². The Labute approximate surface area is 201 Å². The summed E-state index contributed by atoms with van der Waals surface area (Å²) in [6.07, 6.45) is -6.40. The summed E-state index contributed by atoms with van der Waals surface area (Å²) in [6.45, 7) is 7.60. The van der Waals surface area contributed by atoms with E-state index >= 15 is 0 Å². The summed E-state index contributed by atoms with van der Waals surface area (Å²) in [5, 5.41) is 24.0. The summed E-state index contributed by atoms with van der Waals surface area (Å²) in [6, 6.07) is 0. The molecule has 0 aliphatic carbocycles. The van der Waals surface area contributed by atoms with Crippen molar-refractivity contribution in [3.8, 4) is 0 Å². The quantitative estimate of drug-likeness (QED) is 0.495. The van der Waals surface area contributed by atoms with Gasteiger partial charge < -0.3 is 25.0 Å². The molecule has 0 unspecified atom stereocenters. The SMILES string of the molecule is CCCN1CCc2c(cnc(N3CCOCC3)c2C(=O)O)C1.O=C(O)C(F)(F)F.O=C(O)C(F)(F)F. The molecule has 1 fully saturated rings. The highest BCUT2D eigenvalue weighted by Gasteiger charge is 2.39. The van der Waals surface area contributed by atoms with Crippen LogP contribution in [0.4, 0.5) is 32.2 Å². The zero-order valence-corrected chi connectivity index (χ0v) is 19.0. The van der Waals surface area contributed by atoms with Crippen LogP contribution in [0, 0.1) is 0 Å². The fourth-order valence-corrected chi connectivity index (χ4v) is 3.34. The van der Waals surface area contributed by atoms with Gasteiger partial charge in [0.05, 0.1) is 13.2 Å². The maximum atomic E-state index is 11.8. The van der Waals surface area contributed by atoms with Crippen molar-refractivity contribution in [3.05, 3.63) is 22.9 Å². The van der Waals surface area contributed by atoms with Crippen LogP contribution in [0.2, 0.25) is 0 Å². The van der Waals surface area contributed by atoms with Crippen LogP contribution in [0.1, 0.15) is 34.8 Å². The van der Waals surface area contributed by atoms with E-state index in [0.29, 0.717) is 37.7 Å². The number of carboxylic acid groups (broad SMARTS) is 3. The van der Waals surface area contributed by atoms with Gasteiger partial charge in [0.1, 0.15) is 11.4 Å². The van der Waals surface area contributed by atoms with Gasteiger partial charge in [0.2, 0.25) is 0 Å². The molecule has 1 saturated heterocycles. The minimum absolute atomic E-state index is 0.399. The maximum Gasteiger partial charge on any atom is 0.490 e. The Bertz CT molecular complexity index is 894. The van der Waals surface area contributed by atoms with Crippen LogP contribution in [-0.4, -0.2) is 94.9 Å². The maximum absolute atomic E-state index is 11.8. The molecule has 36 heavy (non-hydrogen) atoms. The third-order valence-electron chi connectivity index (χ3n) is 4.88. The molecule has 0 amide bonds. The van der Waals surface area contributed by atoms with E-state index in [2.05, 4.69) is 16.8 Å². The van der Waals surface area contributed by atoms with Gasteiger partial charge in [-0.15, -0.1) is 0 Å². The van der Waals surface area contributed by atoms with E-state index in [1.165, 1.54) is 0 Å². The zero-order chi connectivity index (χ0) is 27.7. The lowest BCUT2D eigenvalue weighted by atomic mass is 9.95. The highest BCUT2D eigenvalue weighted by Crippen LogP contribution is 2.29. The van der Waals surface area contributed by atoms with Gasteiger partial charge in [-0.1, -0.05) is 6.92 Å². The first-order valence-corrected chi connectivity index (χ1v) is 10.5. The smallest absolute Gasteiger partial charge is 0.478 e. The van der Waals surface area contributed by atoms with Gasteiger partial charge in [0, 0.05) is 32.4 Å². The lowest BCUT2D eigenvalue weighted by molar-refractivity contribution is -0.193. The molecule has 3 rings (SSSR count). The number of carbonyl (C=O) groups is 3. The van der Waals surface area contributed by atoms with Crippen LogP contribution >= 0.6 is 0 Å². The Morgan fingerprint density at radius 3 is 1.89 bits per heavy atom. The van der Waals surface area contributed by atoms with Gasteiger partial charge in [-0.25, -0.2) is 19.4 Å². The van der Waals surface area contributed by atoms with E-state index in [9.17, 15) is 36.2 Å². The number of morpholine rings is 1. The monoisotopic (exact) mass is 533 g/mol. The molecule has 3 N–H and O–H groups in total. The second kappa shape index (κ2) is 13.2. The van der Waals surface area contributed by atoms with Crippen molar-refractivity contribution in [2.45, 2.75) is 38.7 Å². The Morgan fingerprint density at radius 2 is 1.47 bits per heavy atom. The number of alkyl halides is 6. The summed E-state index contributed by atoms with van der Waals surface area (Å²) in [4.78, 5) is 38.5. The number of carboxylic acids is 3. The molecule has 0 atom stereocenters. The molecular formula is C20H25F6N3O7. The van der Waals surface area contributed by atoms with E-state index in [1.54, 1.807) is 0 Å². The number of fused-ring (bicyclic) bond motifs is 1. The van der Waals surface area contributed by atoms with Crippen molar-refractivity contribution in [2.24, 2.45) is 0 Å². The lowest BCUT2D eigenvalue weighted by Gasteiger charge is -2.33. The van der Waals surface area contributed by atoms with Gasteiger partial charge in [-0.05, 0) is 30.5 Å². The van der Waals surface area contributed by atoms with E-state index in [0.717, 1.165) is 43.6 Å². The average molecular weight is 533 g/mol. The molecule has 0 spiro atoms. The highest BCUT2D eigenvalue weighted by atomic mass is 19.4. The van der Waals surface area contributed by atoms with Crippen molar-refractivity contribution in [3.63, 3.8) is 0 Å². The Balaban J connectivity index is 0.000000383. The zero-order valence-electron chi connectivity index (χ0n) is 19.0. The first-order valence-electron chi connectivity index (χ1n) is 10.5. The molecule has 1 aromatic heterocycles. The molecule has 204 valence electrons. The van der Waals surface area contributed by atoms with Gasteiger partial charge in [-0.2, -0.15) is 26.3 Å². The number of aromatic carboxylic acids is 1. The molecule has 0 bridgehead atoms. The number of aromatic nitrogens is 1. The molecule has 2 aliphatic heterocycles. The number of nitrogens with zero attached hydrogens (tertiary/aromatic N) is 3. The second-order valence-electron chi connectivity index (χ2n) is 7.50. The number of pyridine rings is 1. The van der Waals surface area contributed by atoms with E-state index in [1.807, 2.05) is 11.1 Å². The van der Waals surface area contributed by atoms with Gasteiger partial charge in [0.15, 0.2) is 0 Å². The third-order valence-corrected chi connectivity index (χ3v) is 4.88. The Kier molecular flexibility index (Phi) is 11.4. The van der Waals surface area contributed by atoms with Crippen LogP contribution in [0.5, 0.6) is 0 Å². The summed E-state index contributed by atoms with van der Waals surface area (Å²) in [5.41, 5.74) is 2.43. The number of aliphatic carboxylic acids is 2. The molecule has 16 heteroatoms. The number of anilines is 1. The molecule has 2 aliphatic rings. The Hall–Kier alpha value is -3.14. The Morgan fingerprint density at radius 1 is 0.972 bits per heavy atom. The number of ether oxygens (including phenoxy) is 1. The van der Waals surface area contributed by atoms with Crippen LogP contribution in [0.15, 0.2) is 6.20 Å². The van der Waals surface area contributed by atoms with Crippen LogP contribution < -0.4 is 4.90 Å². The first kappa shape index (κ1) is 30.9. The molecule has 0 saturated carbocycles. The molecule has 0 radical (unpaired) electrons. The largest absolute Gasteiger partial charge is 0.490 e. The summed E-state index contributed by atoms with van der Waals surface area (Å²) < 4.78 is 68.8. The van der Waals surface area contributed by atoms with Gasteiger partial charge in [0.25, 0.3) is 0 Å². The molecule has 1 aromatic rings. The van der Waals surface area contributed by atoms with E-state index in [-0.39, 0.29) is 0 Å². The number of hydrogen-bond acceptors (Lipinski definition) is 7. The van der Waals surface area contributed by atoms with Crippen molar-refractivity contribution in [1.82, 2.24) is 9.88 Å². The van der Waals surface area contributed by atoms with E-state index < -0.39 is 30.3 Å². The predicted molar refractivity (Wildman–Crippen MR) is 111 cm³/mol.